The number of esters is 1. The molecule has 11 heteroatoms. The minimum Gasteiger partial charge on any atom is -0.477 e. The molecule has 1 aromatic carbocycles. The van der Waals surface area contributed by atoms with Gasteiger partial charge in [0, 0.05) is 12.5 Å². The van der Waals surface area contributed by atoms with Gasteiger partial charge in [0.2, 0.25) is 0 Å². The molecule has 2 rings (SSSR count). The molecule has 0 bridgehead atoms. The fraction of sp³-hybridized carbons (Fsp3) is 0.688. The van der Waals surface area contributed by atoms with E-state index in [0.717, 1.165) is 19.3 Å². The van der Waals surface area contributed by atoms with E-state index in [1.165, 1.54) is 18.2 Å². The molecule has 1 saturated carbocycles. The molecule has 1 unspecified atom stereocenters. The van der Waals surface area contributed by atoms with Crippen LogP contribution in [0.5, 0.6) is 11.5 Å². The summed E-state index contributed by atoms with van der Waals surface area (Å²) in [4.78, 5) is 50.8. The van der Waals surface area contributed by atoms with Crippen molar-refractivity contribution in [1.29, 1.82) is 0 Å². The fourth-order valence-electron chi connectivity index (χ4n) is 4.50. The maximum atomic E-state index is 13.2. The Labute approximate surface area is 254 Å². The number of aliphatic carboxylic acids is 1. The Morgan fingerprint density at radius 2 is 1.44 bits per heavy atom. The number of hydrogen-bond donors (Lipinski definition) is 2. The van der Waals surface area contributed by atoms with Gasteiger partial charge in [-0.2, -0.15) is 0 Å². The minimum absolute atomic E-state index is 0.117. The van der Waals surface area contributed by atoms with Crippen molar-refractivity contribution >= 4 is 24.2 Å². The Kier molecular flexibility index (Phi) is 14.8. The van der Waals surface area contributed by atoms with Gasteiger partial charge in [-0.25, -0.2) is 14.4 Å². The van der Waals surface area contributed by atoms with Crippen LogP contribution in [-0.2, 0) is 30.2 Å². The molecule has 0 radical (unpaired) electrons. The van der Waals surface area contributed by atoms with Gasteiger partial charge in [-0.1, -0.05) is 59.9 Å². The number of carboxylic acids is 1. The molecule has 2 atom stereocenters. The summed E-state index contributed by atoms with van der Waals surface area (Å²) in [6.07, 6.45) is 3.65. The number of ether oxygens (including phenoxy) is 5. The Hall–Kier alpha value is -3.34. The Morgan fingerprint density at radius 1 is 0.884 bits per heavy atom. The molecule has 1 aromatic rings. The van der Waals surface area contributed by atoms with Gasteiger partial charge in [-0.3, -0.25) is 10.1 Å². The van der Waals surface area contributed by atoms with Gasteiger partial charge in [0.15, 0.2) is 11.5 Å². The van der Waals surface area contributed by atoms with E-state index in [-0.39, 0.29) is 43.1 Å². The van der Waals surface area contributed by atoms with Crippen LogP contribution in [0.3, 0.4) is 0 Å². The van der Waals surface area contributed by atoms with Crippen LogP contribution in [0.1, 0.15) is 98.5 Å². The molecule has 43 heavy (non-hydrogen) atoms. The summed E-state index contributed by atoms with van der Waals surface area (Å²) >= 11 is 0. The van der Waals surface area contributed by atoms with Crippen molar-refractivity contribution in [3.63, 3.8) is 0 Å². The Balaban J connectivity index is 2.38. The molecule has 1 aliphatic carbocycles. The molecule has 0 spiro atoms. The maximum Gasteiger partial charge on any atom is 0.513 e. The van der Waals surface area contributed by atoms with Gasteiger partial charge in [0.05, 0.1) is 19.1 Å². The van der Waals surface area contributed by atoms with Gasteiger partial charge >= 0.3 is 24.2 Å². The molecule has 1 aliphatic rings. The molecule has 1 fully saturated rings. The molecule has 0 aliphatic heterocycles. The van der Waals surface area contributed by atoms with Gasteiger partial charge in [-0.05, 0) is 68.6 Å². The highest BCUT2D eigenvalue weighted by molar-refractivity contribution is 5.83. The van der Waals surface area contributed by atoms with Crippen molar-refractivity contribution in [3.8, 4) is 11.5 Å². The lowest BCUT2D eigenvalue weighted by molar-refractivity contribution is -0.188. The monoisotopic (exact) mass is 607 g/mol. The summed E-state index contributed by atoms with van der Waals surface area (Å²) in [5.74, 6) is -1.97. The minimum atomic E-state index is -2.09. The van der Waals surface area contributed by atoms with E-state index in [1.54, 1.807) is 6.92 Å². The topological polar surface area (TPSA) is 147 Å². The van der Waals surface area contributed by atoms with Crippen molar-refractivity contribution in [2.24, 2.45) is 17.8 Å². The zero-order valence-electron chi connectivity index (χ0n) is 26.4. The first-order chi connectivity index (χ1) is 20.3. The van der Waals surface area contributed by atoms with Gasteiger partial charge in [0.25, 0.3) is 5.72 Å². The fourth-order valence-corrected chi connectivity index (χ4v) is 4.50. The standard InChI is InChI=1S/C32H49NO10/c1-7-23(6)33-32(29(35)36,43-28(34)25-11-9-8-10-12-25)20-24-13-14-26(41-30(37)39-17-15-21(2)3)27(19-24)42-31(38)40-18-16-22(4)5/h13-14,19,21-23,25,33H,7-12,15-18,20H2,1-6H3,(H,35,36)/t23?,32-/m0/s1. The molecular weight excluding hydrogens is 558 g/mol. The molecule has 2 N–H and O–H groups in total. The molecule has 0 aromatic heterocycles. The summed E-state index contributed by atoms with van der Waals surface area (Å²) in [5, 5.41) is 13.4. The van der Waals surface area contributed by atoms with Crippen LogP contribution < -0.4 is 14.8 Å². The number of carbonyl (C=O) groups is 4. The van der Waals surface area contributed by atoms with E-state index in [2.05, 4.69) is 5.32 Å². The maximum absolute atomic E-state index is 13.2. The molecule has 0 saturated heterocycles. The van der Waals surface area contributed by atoms with E-state index < -0.39 is 30.0 Å². The second kappa shape index (κ2) is 17.7. The van der Waals surface area contributed by atoms with Crippen LogP contribution in [0.4, 0.5) is 9.59 Å². The average Bonchev–Trinajstić information content (AvgIpc) is 2.94. The Morgan fingerprint density at radius 3 is 1.95 bits per heavy atom. The van der Waals surface area contributed by atoms with Gasteiger partial charge < -0.3 is 28.8 Å². The second-order valence-corrected chi connectivity index (χ2v) is 12.1. The van der Waals surface area contributed by atoms with Crippen molar-refractivity contribution in [2.75, 3.05) is 13.2 Å². The van der Waals surface area contributed by atoms with Crippen LogP contribution in [0.25, 0.3) is 0 Å². The van der Waals surface area contributed by atoms with Crippen molar-refractivity contribution < 1.29 is 48.0 Å². The van der Waals surface area contributed by atoms with E-state index in [1.807, 2.05) is 34.6 Å². The smallest absolute Gasteiger partial charge is 0.477 e. The first-order valence-corrected chi connectivity index (χ1v) is 15.4. The van der Waals surface area contributed by atoms with Crippen LogP contribution in [0.2, 0.25) is 0 Å². The SMILES string of the molecule is CCC(C)N[C@@](Cc1ccc(OC(=O)OCCC(C)C)c(OC(=O)OCCC(C)C)c1)(OC(=O)C1CCCCC1)C(=O)O. The summed E-state index contributed by atoms with van der Waals surface area (Å²) in [6, 6.07) is 3.95. The number of hydrogen-bond acceptors (Lipinski definition) is 10. The number of carboxylic acid groups (broad SMARTS) is 1. The largest absolute Gasteiger partial charge is 0.513 e. The quantitative estimate of drug-likeness (QED) is 0.0901. The third kappa shape index (κ3) is 12.4. The summed E-state index contributed by atoms with van der Waals surface area (Å²) in [6.45, 7) is 11.9. The summed E-state index contributed by atoms with van der Waals surface area (Å²) in [7, 11) is 0. The highest BCUT2D eigenvalue weighted by Gasteiger charge is 2.45. The summed E-state index contributed by atoms with van der Waals surface area (Å²) in [5.41, 5.74) is -1.74. The van der Waals surface area contributed by atoms with E-state index in [9.17, 15) is 24.3 Å². The number of nitrogens with one attached hydrogen (secondary N) is 1. The highest BCUT2D eigenvalue weighted by Crippen LogP contribution is 2.33. The lowest BCUT2D eigenvalue weighted by Crippen LogP contribution is -2.60. The second-order valence-electron chi connectivity index (χ2n) is 12.1. The third-order valence-electron chi connectivity index (χ3n) is 7.33. The number of rotatable bonds is 16. The van der Waals surface area contributed by atoms with E-state index >= 15 is 0 Å². The lowest BCUT2D eigenvalue weighted by Gasteiger charge is -2.35. The van der Waals surface area contributed by atoms with Crippen LogP contribution in [-0.4, -0.2) is 54.3 Å². The van der Waals surface area contributed by atoms with E-state index in [4.69, 9.17) is 23.7 Å². The van der Waals surface area contributed by atoms with Crippen molar-refractivity contribution in [2.45, 2.75) is 111 Å². The predicted octanol–water partition coefficient (Wildman–Crippen LogP) is 6.64. The van der Waals surface area contributed by atoms with Crippen molar-refractivity contribution in [3.05, 3.63) is 23.8 Å². The van der Waals surface area contributed by atoms with Gasteiger partial charge in [-0.15, -0.1) is 0 Å². The van der Waals surface area contributed by atoms with Crippen LogP contribution in [0, 0.1) is 17.8 Å². The zero-order valence-corrected chi connectivity index (χ0v) is 26.4. The van der Waals surface area contributed by atoms with Crippen LogP contribution >= 0.6 is 0 Å². The molecule has 0 amide bonds. The van der Waals surface area contributed by atoms with E-state index in [0.29, 0.717) is 49.5 Å². The number of benzene rings is 1. The number of carbonyl (C=O) groups excluding carboxylic acids is 3. The van der Waals surface area contributed by atoms with Gasteiger partial charge in [0.1, 0.15) is 0 Å². The third-order valence-corrected chi connectivity index (χ3v) is 7.33. The average molecular weight is 608 g/mol. The normalized spacial score (nSPS) is 15.8. The molecular formula is C32H49NO10. The molecule has 242 valence electrons. The summed E-state index contributed by atoms with van der Waals surface area (Å²) < 4.78 is 26.8. The van der Waals surface area contributed by atoms with Crippen LogP contribution in [0.15, 0.2) is 18.2 Å². The predicted molar refractivity (Wildman–Crippen MR) is 159 cm³/mol. The highest BCUT2D eigenvalue weighted by atomic mass is 16.7. The Bertz CT molecular complexity index is 1070. The molecule has 11 nitrogen and oxygen atoms in total. The first-order valence-electron chi connectivity index (χ1n) is 15.4. The van der Waals surface area contributed by atoms with Crippen molar-refractivity contribution in [1.82, 2.24) is 5.32 Å². The molecule has 0 heterocycles. The lowest BCUT2D eigenvalue weighted by atomic mass is 9.89. The zero-order chi connectivity index (χ0) is 32.0. The first kappa shape index (κ1) is 35.9.